The molecular formula is C15H25NO5. The first kappa shape index (κ1) is 17.8. The zero-order chi connectivity index (χ0) is 15.2. The molecule has 0 aliphatic heterocycles. The molecule has 0 atom stereocenters. The van der Waals surface area contributed by atoms with Crippen LogP contribution in [0.3, 0.4) is 0 Å². The van der Waals surface area contributed by atoms with Crippen molar-refractivity contribution in [1.29, 1.82) is 0 Å². The molecule has 0 fully saturated rings. The minimum absolute atomic E-state index is 0.0626. The monoisotopic (exact) mass is 299 g/mol. The van der Waals surface area contributed by atoms with Gasteiger partial charge in [-0.25, -0.2) is 0 Å². The highest BCUT2D eigenvalue weighted by molar-refractivity contribution is 5.19. The van der Waals surface area contributed by atoms with Gasteiger partial charge in [0.05, 0.1) is 51.5 Å². The van der Waals surface area contributed by atoms with E-state index in [0.29, 0.717) is 51.1 Å². The summed E-state index contributed by atoms with van der Waals surface area (Å²) in [5.74, 6) is 0.667. The summed E-state index contributed by atoms with van der Waals surface area (Å²) in [5, 5.41) is 8.86. The Hall–Kier alpha value is -1.21. The lowest BCUT2D eigenvalue weighted by atomic mass is 10.3. The van der Waals surface area contributed by atoms with E-state index in [0.717, 1.165) is 13.0 Å². The second kappa shape index (κ2) is 12.5. The van der Waals surface area contributed by atoms with E-state index in [1.165, 1.54) is 0 Å². The van der Waals surface area contributed by atoms with Gasteiger partial charge in [0.25, 0.3) is 0 Å². The summed E-state index contributed by atoms with van der Waals surface area (Å²) >= 11 is 0. The van der Waals surface area contributed by atoms with Crippen LogP contribution in [0.4, 0.5) is 0 Å². The van der Waals surface area contributed by atoms with Crippen molar-refractivity contribution in [3.8, 4) is 5.75 Å². The van der Waals surface area contributed by atoms with Crippen LogP contribution in [0.2, 0.25) is 0 Å². The molecule has 0 unspecified atom stereocenters. The molecule has 0 saturated heterocycles. The molecule has 0 amide bonds. The van der Waals surface area contributed by atoms with Gasteiger partial charge in [0.2, 0.25) is 0 Å². The van der Waals surface area contributed by atoms with E-state index in [1.54, 1.807) is 18.3 Å². The SMILES string of the molecule is CCCOCCOCCOCCOc1ccc(CO)nc1. The van der Waals surface area contributed by atoms with Gasteiger partial charge in [-0.05, 0) is 18.6 Å². The van der Waals surface area contributed by atoms with E-state index < -0.39 is 0 Å². The predicted octanol–water partition coefficient (Wildman–Crippen LogP) is 1.41. The lowest BCUT2D eigenvalue weighted by Crippen LogP contribution is -2.13. The van der Waals surface area contributed by atoms with E-state index in [1.807, 2.05) is 0 Å². The van der Waals surface area contributed by atoms with Crippen LogP contribution in [-0.4, -0.2) is 56.3 Å². The number of hydrogen-bond acceptors (Lipinski definition) is 6. The number of aliphatic hydroxyl groups excluding tert-OH is 1. The van der Waals surface area contributed by atoms with Crippen molar-refractivity contribution in [2.75, 3.05) is 46.2 Å². The van der Waals surface area contributed by atoms with Crippen LogP contribution < -0.4 is 4.74 Å². The molecule has 0 aromatic carbocycles. The Balaban J connectivity index is 1.88. The highest BCUT2D eigenvalue weighted by Crippen LogP contribution is 2.08. The van der Waals surface area contributed by atoms with Crippen molar-refractivity contribution in [3.63, 3.8) is 0 Å². The van der Waals surface area contributed by atoms with Gasteiger partial charge in [-0.1, -0.05) is 6.92 Å². The fraction of sp³-hybridized carbons (Fsp3) is 0.667. The lowest BCUT2D eigenvalue weighted by molar-refractivity contribution is 0.00943. The maximum atomic E-state index is 8.86. The molecule has 0 radical (unpaired) electrons. The van der Waals surface area contributed by atoms with Gasteiger partial charge in [0.15, 0.2) is 0 Å². The summed E-state index contributed by atoms with van der Waals surface area (Å²) in [6.07, 6.45) is 2.62. The Bertz CT molecular complexity index is 344. The number of hydrogen-bond donors (Lipinski definition) is 1. The third-order valence-electron chi connectivity index (χ3n) is 2.55. The molecule has 1 aromatic rings. The van der Waals surface area contributed by atoms with E-state index in [9.17, 15) is 0 Å². The van der Waals surface area contributed by atoms with Gasteiger partial charge in [0.1, 0.15) is 12.4 Å². The van der Waals surface area contributed by atoms with Crippen molar-refractivity contribution in [3.05, 3.63) is 24.0 Å². The average Bonchev–Trinajstić information content (AvgIpc) is 2.53. The van der Waals surface area contributed by atoms with Crippen LogP contribution in [-0.2, 0) is 20.8 Å². The van der Waals surface area contributed by atoms with Gasteiger partial charge in [0, 0.05) is 6.61 Å². The van der Waals surface area contributed by atoms with Gasteiger partial charge in [-0.3, -0.25) is 4.98 Å². The largest absolute Gasteiger partial charge is 0.490 e. The van der Waals surface area contributed by atoms with Crippen LogP contribution >= 0.6 is 0 Å². The minimum Gasteiger partial charge on any atom is -0.490 e. The first-order valence-corrected chi connectivity index (χ1v) is 7.28. The van der Waals surface area contributed by atoms with Gasteiger partial charge in [-0.2, -0.15) is 0 Å². The normalized spacial score (nSPS) is 10.8. The topological polar surface area (TPSA) is 70.0 Å². The van der Waals surface area contributed by atoms with Crippen LogP contribution in [0.1, 0.15) is 19.0 Å². The summed E-state index contributed by atoms with van der Waals surface area (Å²) in [6, 6.07) is 3.50. The van der Waals surface area contributed by atoms with Crippen LogP contribution in [0, 0.1) is 0 Å². The first-order chi connectivity index (χ1) is 10.4. The quantitative estimate of drug-likeness (QED) is 0.555. The number of nitrogens with zero attached hydrogens (tertiary/aromatic N) is 1. The number of pyridine rings is 1. The average molecular weight is 299 g/mol. The fourth-order valence-corrected chi connectivity index (χ4v) is 1.49. The van der Waals surface area contributed by atoms with Crippen LogP contribution in [0.25, 0.3) is 0 Å². The molecule has 0 aliphatic carbocycles. The van der Waals surface area contributed by atoms with Crippen molar-refractivity contribution >= 4 is 0 Å². The van der Waals surface area contributed by atoms with Crippen molar-refractivity contribution in [2.45, 2.75) is 20.0 Å². The third-order valence-corrected chi connectivity index (χ3v) is 2.55. The summed E-state index contributed by atoms with van der Waals surface area (Å²) in [4.78, 5) is 4.02. The molecule has 6 nitrogen and oxygen atoms in total. The molecule has 0 spiro atoms. The zero-order valence-electron chi connectivity index (χ0n) is 12.6. The number of aromatic nitrogens is 1. The molecule has 21 heavy (non-hydrogen) atoms. The standard InChI is InChI=1S/C15H25NO5/c1-2-5-18-6-7-19-8-9-20-10-11-21-15-4-3-14(13-17)16-12-15/h3-4,12,17H,2,5-11,13H2,1H3. The Morgan fingerprint density at radius 3 is 2.05 bits per heavy atom. The van der Waals surface area contributed by atoms with E-state index in [4.69, 9.17) is 24.1 Å². The Labute approximate surface area is 126 Å². The maximum absolute atomic E-state index is 8.86. The maximum Gasteiger partial charge on any atom is 0.137 e. The highest BCUT2D eigenvalue weighted by atomic mass is 16.6. The molecule has 1 N–H and O–H groups in total. The van der Waals surface area contributed by atoms with Crippen molar-refractivity contribution in [2.24, 2.45) is 0 Å². The Morgan fingerprint density at radius 2 is 1.52 bits per heavy atom. The van der Waals surface area contributed by atoms with Crippen LogP contribution in [0.5, 0.6) is 5.75 Å². The summed E-state index contributed by atoms with van der Waals surface area (Å²) < 4.78 is 21.5. The zero-order valence-corrected chi connectivity index (χ0v) is 12.6. The molecule has 0 bridgehead atoms. The first-order valence-electron chi connectivity index (χ1n) is 7.28. The fourth-order valence-electron chi connectivity index (χ4n) is 1.49. The molecule has 1 aromatic heterocycles. The second-order valence-electron chi connectivity index (χ2n) is 4.33. The van der Waals surface area contributed by atoms with Gasteiger partial charge < -0.3 is 24.1 Å². The minimum atomic E-state index is -0.0626. The van der Waals surface area contributed by atoms with E-state index >= 15 is 0 Å². The number of rotatable bonds is 13. The second-order valence-corrected chi connectivity index (χ2v) is 4.33. The lowest BCUT2D eigenvalue weighted by Gasteiger charge is -2.08. The molecule has 120 valence electrons. The summed E-state index contributed by atoms with van der Waals surface area (Å²) in [5.41, 5.74) is 0.624. The van der Waals surface area contributed by atoms with Gasteiger partial charge in [-0.15, -0.1) is 0 Å². The highest BCUT2D eigenvalue weighted by Gasteiger charge is 1.96. The summed E-state index contributed by atoms with van der Waals surface area (Å²) in [7, 11) is 0. The predicted molar refractivity (Wildman–Crippen MR) is 78.4 cm³/mol. The van der Waals surface area contributed by atoms with E-state index in [-0.39, 0.29) is 6.61 Å². The van der Waals surface area contributed by atoms with Crippen molar-refractivity contribution in [1.82, 2.24) is 4.98 Å². The Morgan fingerprint density at radius 1 is 0.905 bits per heavy atom. The summed E-state index contributed by atoms with van der Waals surface area (Å²) in [6.45, 7) is 6.08. The molecule has 1 heterocycles. The smallest absolute Gasteiger partial charge is 0.137 e. The number of aliphatic hydroxyl groups is 1. The molecule has 0 aliphatic rings. The molecule has 0 saturated carbocycles. The molecule has 6 heteroatoms. The van der Waals surface area contributed by atoms with Gasteiger partial charge >= 0.3 is 0 Å². The van der Waals surface area contributed by atoms with Crippen LogP contribution in [0.15, 0.2) is 18.3 Å². The Kier molecular flexibility index (Phi) is 10.6. The van der Waals surface area contributed by atoms with Crippen molar-refractivity contribution < 1.29 is 24.1 Å². The third kappa shape index (κ3) is 9.36. The molecular weight excluding hydrogens is 274 g/mol. The van der Waals surface area contributed by atoms with E-state index in [2.05, 4.69) is 11.9 Å². The number of ether oxygens (including phenoxy) is 4. The molecule has 1 rings (SSSR count).